The van der Waals surface area contributed by atoms with Gasteiger partial charge in [-0.05, 0) is 159 Å². The van der Waals surface area contributed by atoms with Gasteiger partial charge in [-0.3, -0.25) is 4.68 Å². The van der Waals surface area contributed by atoms with E-state index in [9.17, 15) is 4.79 Å². The third-order valence-corrected chi connectivity index (χ3v) is 18.2. The second kappa shape index (κ2) is 26.0. The minimum atomic E-state index is -1.05. The van der Waals surface area contributed by atoms with Gasteiger partial charge in [0, 0.05) is 39.6 Å². The first-order valence-corrected chi connectivity index (χ1v) is 32.0. The SMILES string of the molecule is C[C@@H](Cc1cccc(Oc2cccc(Cn3cc(B4OC(C)(C)C(C)(C)O4)cn3)c2)c1)N(C/C=C(\I)c1cc(NC(c2ccccc2)(c2ccccc2)c2ccccc2)nc2c1nnn2C(c1ccccc1)(c1ccccc1)c1ccccc1)C(=O)OC(C)(C)C. The Morgan fingerprint density at radius 1 is 0.648 bits per heavy atom. The van der Waals surface area contributed by atoms with E-state index in [1.807, 2.05) is 137 Å². The van der Waals surface area contributed by atoms with Crippen LogP contribution < -0.4 is 15.5 Å². The Labute approximate surface area is 547 Å². The highest BCUT2D eigenvalue weighted by Gasteiger charge is 2.52. The second-order valence-corrected chi connectivity index (χ2v) is 26.4. The number of halogens is 1. The normalized spacial score (nSPS) is 14.5. The van der Waals surface area contributed by atoms with Crippen molar-refractivity contribution in [1.82, 2.24) is 34.7 Å². The standard InChI is InChI=1S/C76H74BIN8O5/c1-54(47-55-29-27-43-64(48-55)88-65-44-28-30-56(49-65)52-84-53-63(51-79-84)77-90-73(5,6)74(7,8)91-77)85(71(87)89-72(2,3)4)46-45-67(78)66-50-68(81-75(57-31-15-9-16-32-57,58-33-17-10-18-34-58)59-35-19-11-20-36-59)80-70-69(66)82-83-86(70)76(60-37-21-12-22-38-60,61-39-23-13-24-40-61)62-41-25-14-26-42-62/h9-45,48-51,53-54H,46-47,52H2,1-8H3,(H,80,81)/b67-45-/t54-/m0/s1. The smallest absolute Gasteiger partial charge is 0.457 e. The number of carbonyl (C=O) groups is 1. The van der Waals surface area contributed by atoms with Gasteiger partial charge in [-0.15, -0.1) is 5.10 Å². The third-order valence-electron chi connectivity index (χ3n) is 17.2. The second-order valence-electron chi connectivity index (χ2n) is 25.2. The number of fused-ring (bicyclic) bond motifs is 1. The molecule has 0 bridgehead atoms. The molecule has 0 aliphatic carbocycles. The van der Waals surface area contributed by atoms with E-state index in [0.29, 0.717) is 41.4 Å². The molecule has 1 aliphatic rings. The predicted molar refractivity (Wildman–Crippen MR) is 371 cm³/mol. The zero-order valence-corrected chi connectivity index (χ0v) is 54.7. The van der Waals surface area contributed by atoms with E-state index in [1.165, 1.54) is 0 Å². The van der Waals surface area contributed by atoms with E-state index >= 15 is 0 Å². The molecule has 0 spiro atoms. The first-order valence-electron chi connectivity index (χ1n) is 30.9. The van der Waals surface area contributed by atoms with Gasteiger partial charge in [-0.2, -0.15) is 5.10 Å². The maximum absolute atomic E-state index is 14.7. The fourth-order valence-corrected chi connectivity index (χ4v) is 12.7. The molecule has 0 saturated carbocycles. The lowest BCUT2D eigenvalue weighted by Gasteiger charge is -2.38. The molecule has 4 heterocycles. The number of nitrogens with one attached hydrogen (secondary N) is 1. The molecule has 1 saturated heterocycles. The molecule has 11 aromatic rings. The number of carbonyl (C=O) groups excluding carboxylic acids is 1. The van der Waals surface area contributed by atoms with Crippen LogP contribution in [0, 0.1) is 0 Å². The summed E-state index contributed by atoms with van der Waals surface area (Å²) in [6.45, 7) is 16.7. The number of hydrogen-bond donors (Lipinski definition) is 1. The highest BCUT2D eigenvalue weighted by molar-refractivity contribution is 14.1. The van der Waals surface area contributed by atoms with Crippen LogP contribution in [0.3, 0.4) is 0 Å². The highest BCUT2D eigenvalue weighted by Crippen LogP contribution is 2.45. The van der Waals surface area contributed by atoms with Gasteiger partial charge in [0.2, 0.25) is 0 Å². The van der Waals surface area contributed by atoms with Crippen molar-refractivity contribution in [1.29, 1.82) is 0 Å². The molecule has 1 aliphatic heterocycles. The van der Waals surface area contributed by atoms with Crippen LogP contribution in [0.15, 0.2) is 255 Å². The van der Waals surface area contributed by atoms with Gasteiger partial charge in [-0.25, -0.2) is 14.5 Å². The molecule has 0 radical (unpaired) electrons. The molecule has 8 aromatic carbocycles. The molecule has 1 amide bonds. The van der Waals surface area contributed by atoms with Gasteiger partial charge in [0.05, 0.1) is 17.7 Å². The van der Waals surface area contributed by atoms with Crippen LogP contribution in [0.1, 0.15) is 105 Å². The van der Waals surface area contributed by atoms with E-state index < -0.39 is 41.1 Å². The van der Waals surface area contributed by atoms with E-state index in [0.717, 1.165) is 59.1 Å². The quantitative estimate of drug-likeness (QED) is 0.0447. The summed E-state index contributed by atoms with van der Waals surface area (Å²) in [7, 11) is -0.494. The summed E-state index contributed by atoms with van der Waals surface area (Å²) >= 11 is 2.39. The summed E-state index contributed by atoms with van der Waals surface area (Å²) in [5, 5.41) is 19.1. The lowest BCUT2D eigenvalue weighted by molar-refractivity contribution is 0.00578. The van der Waals surface area contributed by atoms with E-state index in [4.69, 9.17) is 34.1 Å². The molecule has 3 aromatic heterocycles. The van der Waals surface area contributed by atoms with Crippen LogP contribution in [0.2, 0.25) is 0 Å². The molecular formula is C76H74BIN8O5. The number of hydrogen-bond acceptors (Lipinski definition) is 10. The minimum Gasteiger partial charge on any atom is -0.457 e. The van der Waals surface area contributed by atoms with Crippen molar-refractivity contribution in [3.8, 4) is 11.5 Å². The minimum absolute atomic E-state index is 0.205. The topological polar surface area (TPSA) is 131 Å². The molecule has 458 valence electrons. The van der Waals surface area contributed by atoms with Gasteiger partial charge >= 0.3 is 13.2 Å². The summed E-state index contributed by atoms with van der Waals surface area (Å²) < 4.78 is 30.0. The van der Waals surface area contributed by atoms with Gasteiger partial charge in [-0.1, -0.05) is 218 Å². The Kier molecular flexibility index (Phi) is 17.7. The molecule has 12 rings (SSSR count). The summed E-state index contributed by atoms with van der Waals surface area (Å²) in [6.07, 6.45) is 5.93. The highest BCUT2D eigenvalue weighted by atomic mass is 127. The number of pyridine rings is 1. The molecular weight excluding hydrogens is 1240 g/mol. The van der Waals surface area contributed by atoms with Crippen LogP contribution in [-0.2, 0) is 38.1 Å². The van der Waals surface area contributed by atoms with Crippen molar-refractivity contribution in [3.63, 3.8) is 0 Å². The molecule has 0 unspecified atom stereocenters. The van der Waals surface area contributed by atoms with E-state index in [-0.39, 0.29) is 12.6 Å². The van der Waals surface area contributed by atoms with Crippen LogP contribution in [-0.4, -0.2) is 77.3 Å². The van der Waals surface area contributed by atoms with Gasteiger partial charge in [0.25, 0.3) is 0 Å². The maximum atomic E-state index is 14.7. The Morgan fingerprint density at radius 2 is 1.12 bits per heavy atom. The molecule has 91 heavy (non-hydrogen) atoms. The fraction of sp³-hybridized carbons (Fsp3) is 0.224. The number of anilines is 1. The Bertz CT molecular complexity index is 4110. The fourth-order valence-electron chi connectivity index (χ4n) is 12.1. The number of ether oxygens (including phenoxy) is 2. The van der Waals surface area contributed by atoms with Crippen molar-refractivity contribution in [2.75, 3.05) is 11.9 Å². The first-order chi connectivity index (χ1) is 43.9. The monoisotopic (exact) mass is 1320 g/mol. The summed E-state index contributed by atoms with van der Waals surface area (Å²) in [6, 6.07) is 80.6. The lowest BCUT2D eigenvalue weighted by atomic mass is 9.77. The predicted octanol–water partition coefficient (Wildman–Crippen LogP) is 16.1. The zero-order chi connectivity index (χ0) is 63.4. The largest absolute Gasteiger partial charge is 0.498 e. The van der Waals surface area contributed by atoms with Crippen molar-refractivity contribution in [2.45, 2.75) is 102 Å². The van der Waals surface area contributed by atoms with Gasteiger partial charge < -0.3 is 29.0 Å². The number of amides is 1. The molecule has 1 atom stereocenters. The van der Waals surface area contributed by atoms with Crippen molar-refractivity contribution < 1.29 is 23.6 Å². The van der Waals surface area contributed by atoms with E-state index in [1.54, 1.807) is 11.1 Å². The molecule has 1 N–H and O–H groups in total. The summed E-state index contributed by atoms with van der Waals surface area (Å²) in [5.41, 5.74) is 7.09. The van der Waals surface area contributed by atoms with Crippen molar-refractivity contribution in [2.24, 2.45) is 0 Å². The van der Waals surface area contributed by atoms with Crippen LogP contribution >= 0.6 is 22.6 Å². The number of benzene rings is 8. The maximum Gasteiger partial charge on any atom is 0.498 e. The lowest BCUT2D eigenvalue weighted by Crippen LogP contribution is -2.43. The van der Waals surface area contributed by atoms with E-state index in [2.05, 4.69) is 210 Å². The number of aromatic nitrogens is 6. The number of nitrogens with zero attached hydrogens (tertiary/aromatic N) is 7. The van der Waals surface area contributed by atoms with Gasteiger partial charge in [0.1, 0.15) is 39.5 Å². The third kappa shape index (κ3) is 13.0. The average molecular weight is 1320 g/mol. The van der Waals surface area contributed by atoms with Gasteiger partial charge in [0.15, 0.2) is 5.65 Å². The van der Waals surface area contributed by atoms with Crippen LogP contribution in [0.25, 0.3) is 14.7 Å². The Morgan fingerprint density at radius 3 is 1.62 bits per heavy atom. The van der Waals surface area contributed by atoms with Crippen molar-refractivity contribution >= 4 is 61.8 Å². The van der Waals surface area contributed by atoms with Crippen molar-refractivity contribution in [3.05, 3.63) is 305 Å². The van der Waals surface area contributed by atoms with Crippen LogP contribution in [0.5, 0.6) is 11.5 Å². The van der Waals surface area contributed by atoms with Crippen LogP contribution in [0.4, 0.5) is 10.6 Å². The average Bonchev–Trinajstić information content (AvgIpc) is 1.70. The zero-order valence-electron chi connectivity index (χ0n) is 52.6. The summed E-state index contributed by atoms with van der Waals surface area (Å²) in [5.74, 6) is 1.94. The molecule has 13 nitrogen and oxygen atoms in total. The molecule has 1 fully saturated rings. The number of rotatable bonds is 20. The summed E-state index contributed by atoms with van der Waals surface area (Å²) in [4.78, 5) is 22.1. The molecule has 15 heteroatoms. The Balaban J connectivity index is 0.911. The Hall–Kier alpha value is -9.16. The first kappa shape index (κ1) is 62.1.